The van der Waals surface area contributed by atoms with E-state index in [0.717, 1.165) is 6.42 Å². The molecule has 70 valence electrons. The van der Waals surface area contributed by atoms with Gasteiger partial charge in [-0.05, 0) is 0 Å². The van der Waals surface area contributed by atoms with Crippen molar-refractivity contribution in [2.24, 2.45) is 5.73 Å². The summed E-state index contributed by atoms with van der Waals surface area (Å²) in [6.45, 7) is 1.15. The maximum absolute atomic E-state index is 11.1. The Morgan fingerprint density at radius 3 is 3.08 bits per heavy atom. The minimum absolute atomic E-state index is 0.108. The van der Waals surface area contributed by atoms with Crippen LogP contribution in [-0.4, -0.2) is 37.1 Å². The molecule has 2 N–H and O–H groups in total. The average Bonchev–Trinajstić information content (AvgIpc) is 2.55. The Hall–Kier alpha value is -0.260. The fourth-order valence-electron chi connectivity index (χ4n) is 0.932. The van der Waals surface area contributed by atoms with E-state index in [1.165, 1.54) is 0 Å². The first-order valence-electron chi connectivity index (χ1n) is 3.88. The Morgan fingerprint density at radius 2 is 2.58 bits per heavy atom. The maximum atomic E-state index is 11.1. The van der Waals surface area contributed by atoms with Gasteiger partial charge in [-0.15, -0.1) is 0 Å². The first-order valence-corrected chi connectivity index (χ1v) is 4.52. The Kier molecular flexibility index (Phi) is 3.84. The molecule has 2 atom stereocenters. The van der Waals surface area contributed by atoms with Crippen molar-refractivity contribution in [3.8, 4) is 0 Å². The third-order valence-electron chi connectivity index (χ3n) is 1.67. The molecule has 1 aliphatic heterocycles. The van der Waals surface area contributed by atoms with E-state index in [1.54, 1.807) is 0 Å². The fourth-order valence-corrected chi connectivity index (χ4v) is 1.08. The molecule has 12 heavy (non-hydrogen) atoms. The van der Waals surface area contributed by atoms with Crippen molar-refractivity contribution in [2.75, 3.05) is 19.0 Å². The van der Waals surface area contributed by atoms with Gasteiger partial charge in [-0.2, -0.15) is 12.6 Å². The van der Waals surface area contributed by atoms with Gasteiger partial charge in [0, 0.05) is 12.2 Å². The minimum Gasteiger partial charge on any atom is -0.459 e. The number of nitrogens with two attached hydrogens (primary N) is 1. The molecule has 0 radical (unpaired) electrons. The summed E-state index contributed by atoms with van der Waals surface area (Å²) >= 11 is 3.89. The van der Waals surface area contributed by atoms with Gasteiger partial charge in [-0.3, -0.25) is 4.79 Å². The van der Waals surface area contributed by atoms with E-state index in [2.05, 4.69) is 12.6 Å². The lowest BCUT2D eigenvalue weighted by molar-refractivity contribution is -0.149. The lowest BCUT2D eigenvalue weighted by Crippen LogP contribution is -2.36. The lowest BCUT2D eigenvalue weighted by atomic mass is 10.3. The summed E-state index contributed by atoms with van der Waals surface area (Å²) < 4.78 is 10.1. The molecule has 1 saturated heterocycles. The quantitative estimate of drug-likeness (QED) is 0.469. The van der Waals surface area contributed by atoms with Crippen molar-refractivity contribution >= 4 is 18.6 Å². The topological polar surface area (TPSA) is 61.6 Å². The second-order valence-corrected chi connectivity index (χ2v) is 3.08. The molecule has 5 heteroatoms. The average molecular weight is 191 g/mol. The second-order valence-electron chi connectivity index (χ2n) is 2.71. The van der Waals surface area contributed by atoms with Crippen LogP contribution < -0.4 is 5.73 Å². The summed E-state index contributed by atoms with van der Waals surface area (Å²) in [4.78, 5) is 11.1. The van der Waals surface area contributed by atoms with E-state index < -0.39 is 6.04 Å². The Balaban J connectivity index is 2.25. The molecule has 0 aliphatic carbocycles. The Labute approximate surface area is 76.8 Å². The number of carbonyl (C=O) groups is 1. The van der Waals surface area contributed by atoms with Gasteiger partial charge in [0.2, 0.25) is 0 Å². The molecule has 1 fully saturated rings. The predicted molar refractivity (Wildman–Crippen MR) is 47.1 cm³/mol. The Bertz CT molecular complexity index is 159. The van der Waals surface area contributed by atoms with Crippen LogP contribution >= 0.6 is 12.6 Å². The number of thiol groups is 1. The molecule has 0 bridgehead atoms. The van der Waals surface area contributed by atoms with Gasteiger partial charge in [-0.1, -0.05) is 0 Å². The van der Waals surface area contributed by atoms with Crippen molar-refractivity contribution in [3.63, 3.8) is 0 Å². The largest absolute Gasteiger partial charge is 0.459 e. The van der Waals surface area contributed by atoms with Crippen LogP contribution in [0, 0.1) is 0 Å². The number of ether oxygens (including phenoxy) is 2. The molecule has 0 saturated carbocycles. The predicted octanol–water partition coefficient (Wildman–Crippen LogP) is -0.424. The van der Waals surface area contributed by atoms with Crippen molar-refractivity contribution in [2.45, 2.75) is 18.6 Å². The number of esters is 1. The lowest BCUT2D eigenvalue weighted by Gasteiger charge is -2.12. The normalized spacial score (nSPS) is 25.3. The molecule has 1 heterocycles. The molecule has 0 aromatic heterocycles. The SMILES string of the molecule is N[C@H](CS)C(=O)OC1CCOC1. The number of hydrogen-bond acceptors (Lipinski definition) is 5. The molecule has 0 spiro atoms. The number of rotatable bonds is 3. The van der Waals surface area contributed by atoms with Crippen molar-refractivity contribution in [1.29, 1.82) is 0 Å². The van der Waals surface area contributed by atoms with Crippen LogP contribution in [0.25, 0.3) is 0 Å². The summed E-state index contributed by atoms with van der Waals surface area (Å²) in [6, 6.07) is -0.617. The molecule has 4 nitrogen and oxygen atoms in total. The van der Waals surface area contributed by atoms with Crippen LogP contribution in [0.5, 0.6) is 0 Å². The standard InChI is InChI=1S/C7H13NO3S/c8-6(4-12)7(9)11-5-1-2-10-3-5/h5-6,12H,1-4,8H2/t5?,6-/m1/s1. The number of hydrogen-bond donors (Lipinski definition) is 2. The highest BCUT2D eigenvalue weighted by Gasteiger charge is 2.22. The van der Waals surface area contributed by atoms with Gasteiger partial charge in [-0.25, -0.2) is 0 Å². The molecule has 0 aromatic carbocycles. The van der Waals surface area contributed by atoms with Gasteiger partial charge in [0.25, 0.3) is 0 Å². The maximum Gasteiger partial charge on any atom is 0.324 e. The summed E-state index contributed by atoms with van der Waals surface area (Å²) in [5.41, 5.74) is 5.40. The summed E-state index contributed by atoms with van der Waals surface area (Å²) in [5, 5.41) is 0. The van der Waals surface area contributed by atoms with Gasteiger partial charge < -0.3 is 15.2 Å². The van der Waals surface area contributed by atoms with E-state index >= 15 is 0 Å². The highest BCUT2D eigenvalue weighted by molar-refractivity contribution is 7.80. The van der Waals surface area contributed by atoms with Crippen LogP contribution in [-0.2, 0) is 14.3 Å². The zero-order chi connectivity index (χ0) is 8.97. The molecule has 1 unspecified atom stereocenters. The van der Waals surface area contributed by atoms with Crippen LogP contribution in [0.4, 0.5) is 0 Å². The van der Waals surface area contributed by atoms with Crippen molar-refractivity contribution in [3.05, 3.63) is 0 Å². The molecule has 0 aromatic rings. The van der Waals surface area contributed by atoms with Gasteiger partial charge >= 0.3 is 5.97 Å². The molecule has 1 aliphatic rings. The van der Waals surface area contributed by atoms with E-state index in [4.69, 9.17) is 15.2 Å². The zero-order valence-corrected chi connectivity index (χ0v) is 7.63. The third-order valence-corrected chi connectivity index (χ3v) is 2.06. The van der Waals surface area contributed by atoms with Crippen LogP contribution in [0.15, 0.2) is 0 Å². The van der Waals surface area contributed by atoms with E-state index in [0.29, 0.717) is 19.0 Å². The number of carbonyl (C=O) groups excluding carboxylic acids is 1. The van der Waals surface area contributed by atoms with Crippen LogP contribution in [0.2, 0.25) is 0 Å². The first kappa shape index (κ1) is 9.83. The highest BCUT2D eigenvalue weighted by Crippen LogP contribution is 2.08. The fraction of sp³-hybridized carbons (Fsp3) is 0.857. The van der Waals surface area contributed by atoms with E-state index in [-0.39, 0.29) is 12.1 Å². The summed E-state index contributed by atoms with van der Waals surface area (Å²) in [6.07, 6.45) is 0.661. The van der Waals surface area contributed by atoms with E-state index in [9.17, 15) is 4.79 Å². The minimum atomic E-state index is -0.617. The molecule has 0 amide bonds. The van der Waals surface area contributed by atoms with E-state index in [1.807, 2.05) is 0 Å². The van der Waals surface area contributed by atoms with Crippen molar-refractivity contribution in [1.82, 2.24) is 0 Å². The monoisotopic (exact) mass is 191 g/mol. The van der Waals surface area contributed by atoms with Crippen molar-refractivity contribution < 1.29 is 14.3 Å². The smallest absolute Gasteiger partial charge is 0.324 e. The Morgan fingerprint density at radius 1 is 1.83 bits per heavy atom. The summed E-state index contributed by atoms with van der Waals surface area (Å²) in [5.74, 6) is -0.0765. The first-order chi connectivity index (χ1) is 5.74. The third kappa shape index (κ3) is 2.66. The molecule has 1 rings (SSSR count). The summed E-state index contributed by atoms with van der Waals surface area (Å²) in [7, 11) is 0. The second kappa shape index (κ2) is 4.69. The van der Waals surface area contributed by atoms with Gasteiger partial charge in [0.1, 0.15) is 12.1 Å². The van der Waals surface area contributed by atoms with Crippen LogP contribution in [0.1, 0.15) is 6.42 Å². The van der Waals surface area contributed by atoms with Gasteiger partial charge in [0.05, 0.1) is 13.2 Å². The van der Waals surface area contributed by atoms with Gasteiger partial charge in [0.15, 0.2) is 0 Å². The highest BCUT2D eigenvalue weighted by atomic mass is 32.1. The molecular formula is C7H13NO3S. The molecular weight excluding hydrogens is 178 g/mol. The van der Waals surface area contributed by atoms with Crippen LogP contribution in [0.3, 0.4) is 0 Å². The zero-order valence-electron chi connectivity index (χ0n) is 6.73.